The zero-order valence-corrected chi connectivity index (χ0v) is 16.4. The fourth-order valence-electron chi connectivity index (χ4n) is 2.77. The Morgan fingerprint density at radius 1 is 1.00 bits per heavy atom. The van der Waals surface area contributed by atoms with Gasteiger partial charge in [-0.05, 0) is 41.3 Å². The minimum Gasteiger partial charge on any atom is -0.292 e. The number of carbonyl (C=O) groups is 1. The fraction of sp³-hybridized carbons (Fsp3) is 0.0952. The summed E-state index contributed by atoms with van der Waals surface area (Å²) < 4.78 is 15.3. The lowest BCUT2D eigenvalue weighted by atomic mass is 10.1. The maximum atomic E-state index is 13.4. The number of carbonyl (C=O) groups excluding carboxylic acids is 1. The third-order valence-corrected chi connectivity index (χ3v) is 5.96. The standard InChI is InChI=1S/C21H16FN3OS2/c22-16-8-10-17(11-9-16)25-20(13-15-5-2-1-3-6-15)23-24-21(25)28-14-18(26)19-7-4-12-27-19/h1-12H,13-14H2. The largest absolute Gasteiger partial charge is 0.292 e. The molecule has 140 valence electrons. The Balaban J connectivity index is 1.63. The van der Waals surface area contributed by atoms with Crippen LogP contribution < -0.4 is 0 Å². The van der Waals surface area contributed by atoms with Crippen LogP contribution in [0.5, 0.6) is 0 Å². The molecule has 0 unspecified atom stereocenters. The van der Waals surface area contributed by atoms with Gasteiger partial charge >= 0.3 is 0 Å². The van der Waals surface area contributed by atoms with Gasteiger partial charge in [0, 0.05) is 12.1 Å². The van der Waals surface area contributed by atoms with Crippen molar-refractivity contribution in [3.05, 3.63) is 94.2 Å². The molecule has 0 atom stereocenters. The van der Waals surface area contributed by atoms with Gasteiger partial charge in [0.05, 0.1) is 10.6 Å². The fourth-order valence-corrected chi connectivity index (χ4v) is 4.38. The number of nitrogens with zero attached hydrogens (tertiary/aromatic N) is 3. The van der Waals surface area contributed by atoms with E-state index in [9.17, 15) is 9.18 Å². The summed E-state index contributed by atoms with van der Waals surface area (Å²) >= 11 is 2.76. The predicted molar refractivity (Wildman–Crippen MR) is 110 cm³/mol. The smallest absolute Gasteiger partial charge is 0.196 e. The van der Waals surface area contributed by atoms with E-state index in [2.05, 4.69) is 10.2 Å². The average molecular weight is 410 g/mol. The molecule has 0 aliphatic rings. The van der Waals surface area contributed by atoms with Crippen molar-refractivity contribution in [2.24, 2.45) is 0 Å². The summed E-state index contributed by atoms with van der Waals surface area (Å²) in [5.74, 6) is 0.760. The van der Waals surface area contributed by atoms with E-state index in [0.717, 1.165) is 22.0 Å². The summed E-state index contributed by atoms with van der Waals surface area (Å²) in [7, 11) is 0. The molecular weight excluding hydrogens is 393 g/mol. The summed E-state index contributed by atoms with van der Waals surface area (Å²) in [6.07, 6.45) is 0.588. The van der Waals surface area contributed by atoms with E-state index in [-0.39, 0.29) is 17.4 Å². The lowest BCUT2D eigenvalue weighted by Gasteiger charge is -2.10. The molecule has 0 bridgehead atoms. The lowest BCUT2D eigenvalue weighted by Crippen LogP contribution is -2.06. The van der Waals surface area contributed by atoms with E-state index in [4.69, 9.17) is 0 Å². The van der Waals surface area contributed by atoms with Gasteiger partial charge in [0.15, 0.2) is 10.9 Å². The Kier molecular flexibility index (Phi) is 5.64. The van der Waals surface area contributed by atoms with Crippen molar-refractivity contribution in [1.29, 1.82) is 0 Å². The molecule has 0 saturated heterocycles. The van der Waals surface area contributed by atoms with Gasteiger partial charge in [0.25, 0.3) is 0 Å². The molecule has 2 aromatic heterocycles. The summed E-state index contributed by atoms with van der Waals surface area (Å²) in [5.41, 5.74) is 1.87. The topological polar surface area (TPSA) is 47.8 Å². The third kappa shape index (κ3) is 4.21. The first-order valence-corrected chi connectivity index (χ1v) is 10.5. The van der Waals surface area contributed by atoms with Crippen LogP contribution in [0.15, 0.2) is 77.3 Å². The molecule has 0 spiro atoms. The molecule has 0 amide bonds. The highest BCUT2D eigenvalue weighted by Crippen LogP contribution is 2.25. The molecule has 4 aromatic rings. The Labute approximate surface area is 170 Å². The quantitative estimate of drug-likeness (QED) is 0.317. The van der Waals surface area contributed by atoms with Crippen molar-refractivity contribution < 1.29 is 9.18 Å². The number of ketones is 1. The first-order valence-electron chi connectivity index (χ1n) is 8.64. The Hall–Kier alpha value is -2.77. The molecule has 2 aromatic carbocycles. The van der Waals surface area contributed by atoms with Crippen molar-refractivity contribution in [3.63, 3.8) is 0 Å². The first kappa shape index (κ1) is 18.6. The summed E-state index contributed by atoms with van der Waals surface area (Å²) in [6.45, 7) is 0. The van der Waals surface area contributed by atoms with E-state index in [1.807, 2.05) is 52.4 Å². The van der Waals surface area contributed by atoms with Gasteiger partial charge in [0.1, 0.15) is 11.6 Å². The van der Waals surface area contributed by atoms with Gasteiger partial charge in [0.2, 0.25) is 0 Å². The highest BCUT2D eigenvalue weighted by molar-refractivity contribution is 7.99. The number of thioether (sulfide) groups is 1. The molecule has 0 N–H and O–H groups in total. The Bertz CT molecular complexity index is 1060. The predicted octanol–water partition coefficient (Wildman–Crippen LogP) is 5.03. The summed E-state index contributed by atoms with van der Waals surface area (Å²) in [6, 6.07) is 19.9. The van der Waals surface area contributed by atoms with Crippen molar-refractivity contribution >= 4 is 28.9 Å². The first-order chi connectivity index (χ1) is 13.7. The van der Waals surface area contributed by atoms with Crippen molar-refractivity contribution in [1.82, 2.24) is 14.8 Å². The van der Waals surface area contributed by atoms with Crippen LogP contribution in [0.1, 0.15) is 21.1 Å². The van der Waals surface area contributed by atoms with Crippen LogP contribution in [0.4, 0.5) is 4.39 Å². The van der Waals surface area contributed by atoms with Crippen LogP contribution in [0.25, 0.3) is 5.69 Å². The van der Waals surface area contributed by atoms with Crippen LogP contribution in [-0.2, 0) is 6.42 Å². The molecular formula is C21H16FN3OS2. The zero-order chi connectivity index (χ0) is 19.3. The second-order valence-corrected chi connectivity index (χ2v) is 7.95. The van der Waals surface area contributed by atoms with E-state index in [1.165, 1.54) is 35.2 Å². The molecule has 4 nitrogen and oxygen atoms in total. The van der Waals surface area contributed by atoms with E-state index in [0.29, 0.717) is 11.6 Å². The Morgan fingerprint density at radius 2 is 1.79 bits per heavy atom. The van der Waals surface area contributed by atoms with Gasteiger partial charge in [-0.25, -0.2) is 4.39 Å². The molecule has 28 heavy (non-hydrogen) atoms. The molecule has 0 radical (unpaired) electrons. The number of halogens is 1. The highest BCUT2D eigenvalue weighted by Gasteiger charge is 2.17. The molecule has 0 fully saturated rings. The molecule has 7 heteroatoms. The van der Waals surface area contributed by atoms with Crippen molar-refractivity contribution in [2.45, 2.75) is 11.6 Å². The highest BCUT2D eigenvalue weighted by atomic mass is 32.2. The average Bonchev–Trinajstić information content (AvgIpc) is 3.38. The molecule has 0 saturated carbocycles. The van der Waals surface area contributed by atoms with Gasteiger partial charge in [-0.1, -0.05) is 48.2 Å². The van der Waals surface area contributed by atoms with Crippen LogP contribution in [0.2, 0.25) is 0 Å². The van der Waals surface area contributed by atoms with Crippen LogP contribution in [0, 0.1) is 5.82 Å². The maximum absolute atomic E-state index is 13.4. The number of hydrogen-bond acceptors (Lipinski definition) is 5. The van der Waals surface area contributed by atoms with Gasteiger partial charge in [-0.15, -0.1) is 21.5 Å². The number of rotatable bonds is 7. The SMILES string of the molecule is O=C(CSc1nnc(Cc2ccccc2)n1-c1ccc(F)cc1)c1cccs1. The van der Waals surface area contributed by atoms with Crippen molar-refractivity contribution in [3.8, 4) is 5.69 Å². The minimum atomic E-state index is -0.302. The normalized spacial score (nSPS) is 10.9. The number of hydrogen-bond donors (Lipinski definition) is 0. The number of thiophene rings is 1. The van der Waals surface area contributed by atoms with Gasteiger partial charge < -0.3 is 0 Å². The zero-order valence-electron chi connectivity index (χ0n) is 14.8. The van der Waals surface area contributed by atoms with Crippen LogP contribution in [-0.4, -0.2) is 26.3 Å². The summed E-state index contributed by atoms with van der Waals surface area (Å²) in [5, 5.41) is 11.1. The molecule has 0 aliphatic carbocycles. The number of benzene rings is 2. The van der Waals surface area contributed by atoms with Crippen LogP contribution >= 0.6 is 23.1 Å². The van der Waals surface area contributed by atoms with E-state index >= 15 is 0 Å². The number of Topliss-reactive ketones (excluding diaryl/α,β-unsaturated/α-hetero) is 1. The minimum absolute atomic E-state index is 0.0539. The second-order valence-electron chi connectivity index (χ2n) is 6.06. The molecule has 2 heterocycles. The van der Waals surface area contributed by atoms with Gasteiger partial charge in [-0.2, -0.15) is 0 Å². The van der Waals surface area contributed by atoms with Crippen molar-refractivity contribution in [2.75, 3.05) is 5.75 Å². The Morgan fingerprint density at radius 3 is 2.50 bits per heavy atom. The molecule has 4 rings (SSSR count). The third-order valence-electron chi connectivity index (χ3n) is 4.12. The maximum Gasteiger partial charge on any atom is 0.196 e. The number of aromatic nitrogens is 3. The molecule has 0 aliphatic heterocycles. The summed E-state index contributed by atoms with van der Waals surface area (Å²) in [4.78, 5) is 13.1. The van der Waals surface area contributed by atoms with Crippen LogP contribution in [0.3, 0.4) is 0 Å². The second kappa shape index (κ2) is 8.50. The van der Waals surface area contributed by atoms with E-state index in [1.54, 1.807) is 12.1 Å². The monoisotopic (exact) mass is 409 g/mol. The van der Waals surface area contributed by atoms with Gasteiger partial charge in [-0.3, -0.25) is 9.36 Å². The lowest BCUT2D eigenvalue weighted by molar-refractivity contribution is 0.102. The van der Waals surface area contributed by atoms with E-state index < -0.39 is 0 Å².